The molecule has 0 aromatic heterocycles. The maximum absolute atomic E-state index is 2.45. The Balaban J connectivity index is 1.38. The van der Waals surface area contributed by atoms with Crippen molar-refractivity contribution in [3.63, 3.8) is 0 Å². The van der Waals surface area contributed by atoms with E-state index in [2.05, 4.69) is 115 Å². The molecule has 0 radical (unpaired) electrons. The highest BCUT2D eigenvalue weighted by Crippen LogP contribution is 2.32. The molecule has 0 saturated carbocycles. The predicted molar refractivity (Wildman–Crippen MR) is 147 cm³/mol. The molecular weight excluding hydrogens is 408 g/mol. The van der Waals surface area contributed by atoms with Crippen molar-refractivity contribution in [2.24, 2.45) is 5.92 Å². The van der Waals surface area contributed by atoms with E-state index in [1.807, 2.05) is 0 Å². The summed E-state index contributed by atoms with van der Waals surface area (Å²) >= 11 is 0. The van der Waals surface area contributed by atoms with Crippen LogP contribution in [-0.2, 0) is 0 Å². The molecule has 0 amide bonds. The van der Waals surface area contributed by atoms with Gasteiger partial charge in [-0.05, 0) is 137 Å². The second-order valence-electron chi connectivity index (χ2n) is 9.87. The summed E-state index contributed by atoms with van der Waals surface area (Å²) in [6.45, 7) is 0. The van der Waals surface area contributed by atoms with Crippen molar-refractivity contribution in [3.05, 3.63) is 119 Å². The van der Waals surface area contributed by atoms with E-state index in [1.54, 1.807) is 0 Å². The molecule has 0 fully saturated rings. The fraction of sp³-hybridized carbons (Fsp3) is 0.0588. The van der Waals surface area contributed by atoms with Crippen LogP contribution in [0.2, 0.25) is 0 Å². The Kier molecular flexibility index (Phi) is 3.59. The van der Waals surface area contributed by atoms with Crippen LogP contribution in [0.15, 0.2) is 109 Å². The SMILES string of the molecule is C1=CCC2C=c3cc4cc5cc6cc7cc8ccccc8cc7cc6cc5cc4cc3=CC2=C1. The van der Waals surface area contributed by atoms with Crippen LogP contribution in [0.25, 0.3) is 66.0 Å². The van der Waals surface area contributed by atoms with Crippen molar-refractivity contribution in [1.82, 2.24) is 0 Å². The molecule has 1 atom stereocenters. The first-order chi connectivity index (χ1) is 16.8. The van der Waals surface area contributed by atoms with Gasteiger partial charge in [0.15, 0.2) is 0 Å². The molecule has 158 valence electrons. The lowest BCUT2D eigenvalue weighted by molar-refractivity contribution is 0.830. The average molecular weight is 431 g/mol. The lowest BCUT2D eigenvalue weighted by atomic mass is 9.86. The van der Waals surface area contributed by atoms with Crippen molar-refractivity contribution in [2.75, 3.05) is 0 Å². The molecule has 34 heavy (non-hydrogen) atoms. The highest BCUT2D eigenvalue weighted by atomic mass is 14.2. The van der Waals surface area contributed by atoms with Crippen LogP contribution in [0, 0.1) is 5.92 Å². The number of rotatable bonds is 0. The standard InChI is InChI=1S/C34H22/c1-2-6-22-10-26-14-30-18-34-20-32-16-28-12-24-8-4-3-7-23(24)11-27(28)15-31(32)19-33(34)17-29(30)13-25(26)9-21(22)5-1/h1-7,9-20,24H,8H2. The van der Waals surface area contributed by atoms with Crippen LogP contribution >= 0.6 is 0 Å². The normalized spacial score (nSPS) is 16.9. The van der Waals surface area contributed by atoms with Gasteiger partial charge in [0.25, 0.3) is 0 Å². The van der Waals surface area contributed by atoms with Gasteiger partial charge in [-0.1, -0.05) is 54.6 Å². The van der Waals surface area contributed by atoms with E-state index in [4.69, 9.17) is 0 Å². The molecule has 6 aromatic carbocycles. The molecule has 0 aliphatic heterocycles. The van der Waals surface area contributed by atoms with Gasteiger partial charge in [-0.3, -0.25) is 0 Å². The summed E-state index contributed by atoms with van der Waals surface area (Å²) in [4.78, 5) is 0. The van der Waals surface area contributed by atoms with Gasteiger partial charge in [-0.25, -0.2) is 0 Å². The monoisotopic (exact) mass is 430 g/mol. The summed E-state index contributed by atoms with van der Waals surface area (Å²) in [5.41, 5.74) is 1.43. The molecule has 6 aromatic rings. The highest BCUT2D eigenvalue weighted by Gasteiger charge is 2.14. The Morgan fingerprint density at radius 2 is 0.971 bits per heavy atom. The smallest absolute Gasteiger partial charge is 0.00620 e. The quantitative estimate of drug-likeness (QED) is 0.219. The third-order valence-corrected chi connectivity index (χ3v) is 7.72. The van der Waals surface area contributed by atoms with Gasteiger partial charge >= 0.3 is 0 Å². The van der Waals surface area contributed by atoms with E-state index in [0.29, 0.717) is 5.92 Å². The molecule has 0 nitrogen and oxygen atoms in total. The molecule has 0 spiro atoms. The van der Waals surface area contributed by atoms with Gasteiger partial charge in [0.05, 0.1) is 0 Å². The number of fused-ring (bicyclic) bond motifs is 7. The lowest BCUT2D eigenvalue weighted by Gasteiger charge is -2.19. The Morgan fingerprint density at radius 1 is 0.500 bits per heavy atom. The first-order valence-electron chi connectivity index (χ1n) is 12.1. The van der Waals surface area contributed by atoms with Crippen molar-refractivity contribution >= 4 is 66.0 Å². The largest absolute Gasteiger partial charge is 0.0836 e. The fourth-order valence-electron chi connectivity index (χ4n) is 5.93. The zero-order valence-electron chi connectivity index (χ0n) is 18.8. The summed E-state index contributed by atoms with van der Waals surface area (Å²) in [5, 5.41) is 15.7. The summed E-state index contributed by atoms with van der Waals surface area (Å²) in [5.74, 6) is 0.517. The first-order valence-corrected chi connectivity index (χ1v) is 12.1. The van der Waals surface area contributed by atoms with Crippen LogP contribution in [-0.4, -0.2) is 0 Å². The van der Waals surface area contributed by atoms with Crippen LogP contribution in [0.4, 0.5) is 0 Å². The molecule has 0 N–H and O–H groups in total. The van der Waals surface area contributed by atoms with Gasteiger partial charge in [-0.15, -0.1) is 0 Å². The molecule has 0 heterocycles. The molecule has 0 saturated heterocycles. The minimum Gasteiger partial charge on any atom is -0.0836 e. The molecule has 0 heteroatoms. The van der Waals surface area contributed by atoms with Crippen molar-refractivity contribution < 1.29 is 0 Å². The van der Waals surface area contributed by atoms with Crippen LogP contribution < -0.4 is 10.4 Å². The number of allylic oxidation sites excluding steroid dienone is 4. The van der Waals surface area contributed by atoms with E-state index in [-0.39, 0.29) is 0 Å². The first kappa shape index (κ1) is 18.3. The minimum absolute atomic E-state index is 0.517. The molecular formula is C34H22. The van der Waals surface area contributed by atoms with E-state index in [9.17, 15) is 0 Å². The van der Waals surface area contributed by atoms with Crippen molar-refractivity contribution in [2.45, 2.75) is 6.42 Å². The summed E-state index contributed by atoms with van der Waals surface area (Å²) < 4.78 is 0. The van der Waals surface area contributed by atoms with Gasteiger partial charge in [0.2, 0.25) is 0 Å². The van der Waals surface area contributed by atoms with E-state index < -0.39 is 0 Å². The van der Waals surface area contributed by atoms with Crippen LogP contribution in [0.1, 0.15) is 6.42 Å². The Morgan fingerprint density at radius 3 is 1.53 bits per heavy atom. The molecule has 8 rings (SSSR count). The number of benzene rings is 6. The lowest BCUT2D eigenvalue weighted by Crippen LogP contribution is -2.30. The van der Waals surface area contributed by atoms with E-state index in [1.165, 1.54) is 69.9 Å². The van der Waals surface area contributed by atoms with Gasteiger partial charge in [0, 0.05) is 5.92 Å². The second kappa shape index (κ2) is 6.68. The third-order valence-electron chi connectivity index (χ3n) is 7.72. The molecule has 2 aliphatic rings. The minimum atomic E-state index is 0.517. The zero-order valence-corrected chi connectivity index (χ0v) is 18.8. The predicted octanol–water partition coefficient (Wildman–Crippen LogP) is 7.53. The fourth-order valence-corrected chi connectivity index (χ4v) is 5.93. The molecule has 2 aliphatic carbocycles. The maximum Gasteiger partial charge on any atom is 0.00620 e. The number of hydrogen-bond donors (Lipinski definition) is 0. The number of hydrogen-bond acceptors (Lipinski definition) is 0. The highest BCUT2D eigenvalue weighted by molar-refractivity contribution is 6.10. The zero-order chi connectivity index (χ0) is 22.2. The van der Waals surface area contributed by atoms with Gasteiger partial charge < -0.3 is 0 Å². The average Bonchev–Trinajstić information content (AvgIpc) is 2.86. The van der Waals surface area contributed by atoms with E-state index >= 15 is 0 Å². The van der Waals surface area contributed by atoms with Crippen LogP contribution in [0.3, 0.4) is 0 Å². The van der Waals surface area contributed by atoms with Gasteiger partial charge in [-0.2, -0.15) is 0 Å². The maximum atomic E-state index is 2.45. The molecule has 1 unspecified atom stereocenters. The van der Waals surface area contributed by atoms with Gasteiger partial charge in [0.1, 0.15) is 0 Å². The summed E-state index contributed by atoms with van der Waals surface area (Å²) in [6.07, 6.45) is 12.7. The van der Waals surface area contributed by atoms with Crippen molar-refractivity contribution in [3.8, 4) is 0 Å². The Labute approximate surface area is 197 Å². The summed E-state index contributed by atoms with van der Waals surface area (Å²) in [7, 11) is 0. The third kappa shape index (κ3) is 2.72. The van der Waals surface area contributed by atoms with E-state index in [0.717, 1.165) is 6.42 Å². The molecule has 0 bridgehead atoms. The van der Waals surface area contributed by atoms with Crippen molar-refractivity contribution in [1.29, 1.82) is 0 Å². The Hall–Kier alpha value is -4.16. The topological polar surface area (TPSA) is 0 Å². The second-order valence-corrected chi connectivity index (χ2v) is 9.87. The Bertz CT molecular complexity index is 2030. The van der Waals surface area contributed by atoms with Crippen LogP contribution in [0.5, 0.6) is 0 Å². The summed E-state index contributed by atoms with van der Waals surface area (Å²) in [6, 6.07) is 32.2.